The molecule has 0 saturated carbocycles. The molecule has 0 spiro atoms. The third-order valence-corrected chi connectivity index (χ3v) is 1.98. The summed E-state index contributed by atoms with van der Waals surface area (Å²) in [4.78, 5) is 23.1. The van der Waals surface area contributed by atoms with Gasteiger partial charge >= 0.3 is 6.09 Å². The van der Waals surface area contributed by atoms with Gasteiger partial charge in [-0.05, 0) is 33.6 Å². The minimum absolute atomic E-state index is 0.0656. The number of hydrogen-bond acceptors (Lipinski definition) is 3. The lowest BCUT2D eigenvalue weighted by molar-refractivity contribution is -0.121. The second-order valence-corrected chi connectivity index (χ2v) is 4.82. The summed E-state index contributed by atoms with van der Waals surface area (Å²) in [7, 11) is 0. The van der Waals surface area contributed by atoms with E-state index in [9.17, 15) is 9.59 Å². The van der Waals surface area contributed by atoms with Gasteiger partial charge in [-0.3, -0.25) is 4.79 Å². The number of ether oxygens (including phenoxy) is 1. The first kappa shape index (κ1) is 14.9. The number of nitrogens with one attached hydrogen (secondary N) is 1. The van der Waals surface area contributed by atoms with Crippen molar-refractivity contribution in [1.29, 1.82) is 0 Å². The first-order valence-electron chi connectivity index (χ1n) is 5.82. The molecule has 0 radical (unpaired) electrons. The Balaban J connectivity index is 4.22. The summed E-state index contributed by atoms with van der Waals surface area (Å²) in [6.45, 7) is 9.19. The van der Waals surface area contributed by atoms with Gasteiger partial charge in [0.1, 0.15) is 5.60 Å². The Kier molecular flexibility index (Phi) is 6.08. The van der Waals surface area contributed by atoms with Gasteiger partial charge in [0.2, 0.25) is 0 Å². The second-order valence-electron chi connectivity index (χ2n) is 4.82. The van der Waals surface area contributed by atoms with Crippen molar-refractivity contribution in [2.75, 3.05) is 0 Å². The molecule has 1 N–H and O–H groups in total. The number of carbonyl (C=O) groups excluding carboxylic acids is 2. The van der Waals surface area contributed by atoms with E-state index >= 15 is 0 Å². The second kappa shape index (κ2) is 6.51. The van der Waals surface area contributed by atoms with Crippen LogP contribution in [0.25, 0.3) is 0 Å². The average Bonchev–Trinajstić information content (AvgIpc) is 2.11. The van der Waals surface area contributed by atoms with Crippen LogP contribution in [0.5, 0.6) is 0 Å². The Morgan fingerprint density at radius 1 is 1.25 bits per heavy atom. The molecule has 0 aliphatic rings. The molecule has 1 atom stereocenters. The zero-order chi connectivity index (χ0) is 12.8. The van der Waals surface area contributed by atoms with Crippen LogP contribution in [0, 0.1) is 0 Å². The Morgan fingerprint density at radius 3 is 2.19 bits per heavy atom. The maximum Gasteiger partial charge on any atom is 0.408 e. The fourth-order valence-corrected chi connectivity index (χ4v) is 1.28. The third kappa shape index (κ3) is 6.43. The summed E-state index contributed by atoms with van der Waals surface area (Å²) in [5.74, 6) is 0.0656. The van der Waals surface area contributed by atoms with Gasteiger partial charge in [-0.1, -0.05) is 13.8 Å². The van der Waals surface area contributed by atoms with Gasteiger partial charge < -0.3 is 10.1 Å². The lowest BCUT2D eigenvalue weighted by Gasteiger charge is -2.22. The quantitative estimate of drug-likeness (QED) is 0.788. The van der Waals surface area contributed by atoms with Gasteiger partial charge in [0.15, 0.2) is 5.78 Å². The standard InChI is InChI=1S/C12H23NO3/c1-6-8-10(14)9(7-2)13-11(15)16-12(3,4)5/h9H,6-8H2,1-5H3,(H,13,15)/t9-/m0/s1. The predicted octanol–water partition coefficient (Wildman–Crippen LogP) is 2.66. The highest BCUT2D eigenvalue weighted by atomic mass is 16.6. The van der Waals surface area contributed by atoms with Crippen LogP contribution < -0.4 is 5.32 Å². The minimum atomic E-state index is -0.532. The van der Waals surface area contributed by atoms with Crippen LogP contribution in [-0.4, -0.2) is 23.5 Å². The van der Waals surface area contributed by atoms with Crippen molar-refractivity contribution in [3.05, 3.63) is 0 Å². The van der Waals surface area contributed by atoms with Crippen LogP contribution in [0.2, 0.25) is 0 Å². The fraction of sp³-hybridized carbons (Fsp3) is 0.833. The number of alkyl carbamates (subject to hydrolysis) is 1. The lowest BCUT2D eigenvalue weighted by Crippen LogP contribution is -2.43. The number of ketones is 1. The highest BCUT2D eigenvalue weighted by Gasteiger charge is 2.22. The molecule has 4 nitrogen and oxygen atoms in total. The Morgan fingerprint density at radius 2 is 1.81 bits per heavy atom. The van der Waals surface area contributed by atoms with Gasteiger partial charge in [0.25, 0.3) is 0 Å². The number of amides is 1. The van der Waals surface area contributed by atoms with Crippen LogP contribution in [0.1, 0.15) is 53.9 Å². The largest absolute Gasteiger partial charge is 0.444 e. The molecule has 0 unspecified atom stereocenters. The number of carbonyl (C=O) groups is 2. The van der Waals surface area contributed by atoms with E-state index in [2.05, 4.69) is 5.32 Å². The normalized spacial score (nSPS) is 13.1. The topological polar surface area (TPSA) is 55.4 Å². The molecule has 0 rings (SSSR count). The Labute approximate surface area is 97.7 Å². The van der Waals surface area contributed by atoms with Crippen LogP contribution >= 0.6 is 0 Å². The molecule has 0 aromatic heterocycles. The van der Waals surface area contributed by atoms with E-state index in [1.54, 1.807) is 20.8 Å². The molecular weight excluding hydrogens is 206 g/mol. The molecule has 0 bridgehead atoms. The summed E-state index contributed by atoms with van der Waals surface area (Å²) in [6, 6.07) is -0.421. The summed E-state index contributed by atoms with van der Waals surface area (Å²) >= 11 is 0. The molecule has 1 amide bonds. The summed E-state index contributed by atoms with van der Waals surface area (Å²) in [6.07, 6.45) is 1.36. The summed E-state index contributed by atoms with van der Waals surface area (Å²) in [5.41, 5.74) is -0.532. The maximum atomic E-state index is 11.6. The van der Waals surface area contributed by atoms with Crippen LogP contribution in [0.4, 0.5) is 4.79 Å². The molecule has 94 valence electrons. The minimum Gasteiger partial charge on any atom is -0.444 e. The highest BCUT2D eigenvalue weighted by Crippen LogP contribution is 2.08. The average molecular weight is 229 g/mol. The van der Waals surface area contributed by atoms with Crippen molar-refractivity contribution < 1.29 is 14.3 Å². The predicted molar refractivity (Wildman–Crippen MR) is 63.4 cm³/mol. The molecule has 0 aliphatic carbocycles. The van der Waals surface area contributed by atoms with Crippen LogP contribution in [0.15, 0.2) is 0 Å². The van der Waals surface area contributed by atoms with E-state index in [-0.39, 0.29) is 5.78 Å². The molecule has 0 saturated heterocycles. The maximum absolute atomic E-state index is 11.6. The smallest absolute Gasteiger partial charge is 0.408 e. The van der Waals surface area contributed by atoms with Crippen LogP contribution in [0.3, 0.4) is 0 Å². The molecule has 0 fully saturated rings. The highest BCUT2D eigenvalue weighted by molar-refractivity contribution is 5.87. The molecule has 16 heavy (non-hydrogen) atoms. The van der Waals surface area contributed by atoms with Crippen molar-refractivity contribution in [2.45, 2.75) is 65.5 Å². The number of Topliss-reactive ketones (excluding diaryl/α,β-unsaturated/α-hetero) is 1. The molecule has 0 aromatic rings. The third-order valence-electron chi connectivity index (χ3n) is 1.98. The monoisotopic (exact) mass is 229 g/mol. The van der Waals surface area contributed by atoms with Crippen molar-refractivity contribution in [3.63, 3.8) is 0 Å². The summed E-state index contributed by atoms with van der Waals surface area (Å²) in [5, 5.41) is 2.60. The van der Waals surface area contributed by atoms with Gasteiger partial charge in [0.05, 0.1) is 6.04 Å². The molecular formula is C12H23NO3. The van der Waals surface area contributed by atoms with E-state index in [0.29, 0.717) is 12.8 Å². The molecule has 0 heterocycles. The lowest BCUT2D eigenvalue weighted by atomic mass is 10.1. The molecule has 0 aliphatic heterocycles. The zero-order valence-corrected chi connectivity index (χ0v) is 10.9. The van der Waals surface area contributed by atoms with Gasteiger partial charge in [0, 0.05) is 6.42 Å². The van der Waals surface area contributed by atoms with Gasteiger partial charge in [-0.25, -0.2) is 4.79 Å². The molecule has 0 aromatic carbocycles. The summed E-state index contributed by atoms with van der Waals surface area (Å²) < 4.78 is 5.10. The Bertz CT molecular complexity index is 243. The SMILES string of the molecule is CCCC(=O)[C@H](CC)NC(=O)OC(C)(C)C. The van der Waals surface area contributed by atoms with E-state index in [0.717, 1.165) is 6.42 Å². The van der Waals surface area contributed by atoms with Gasteiger partial charge in [-0.2, -0.15) is 0 Å². The van der Waals surface area contributed by atoms with E-state index in [4.69, 9.17) is 4.74 Å². The van der Waals surface area contributed by atoms with Gasteiger partial charge in [-0.15, -0.1) is 0 Å². The number of hydrogen-bond donors (Lipinski definition) is 1. The van der Waals surface area contributed by atoms with E-state index < -0.39 is 17.7 Å². The van der Waals surface area contributed by atoms with Crippen molar-refractivity contribution >= 4 is 11.9 Å². The van der Waals surface area contributed by atoms with E-state index in [1.807, 2.05) is 13.8 Å². The van der Waals surface area contributed by atoms with Crippen molar-refractivity contribution in [2.24, 2.45) is 0 Å². The number of rotatable bonds is 5. The first-order valence-corrected chi connectivity index (χ1v) is 5.82. The van der Waals surface area contributed by atoms with Crippen molar-refractivity contribution in [3.8, 4) is 0 Å². The Hall–Kier alpha value is -1.06. The van der Waals surface area contributed by atoms with E-state index in [1.165, 1.54) is 0 Å². The van der Waals surface area contributed by atoms with Crippen molar-refractivity contribution in [1.82, 2.24) is 5.32 Å². The molecule has 4 heteroatoms. The van der Waals surface area contributed by atoms with Crippen LogP contribution in [-0.2, 0) is 9.53 Å². The first-order chi connectivity index (χ1) is 7.30. The fourth-order valence-electron chi connectivity index (χ4n) is 1.28. The zero-order valence-electron chi connectivity index (χ0n) is 10.9.